The zero-order valence-electron chi connectivity index (χ0n) is 7.71. The lowest BCUT2D eigenvalue weighted by Crippen LogP contribution is -2.05. The van der Waals surface area contributed by atoms with Crippen LogP contribution in [-0.2, 0) is 4.74 Å². The first kappa shape index (κ1) is 12.0. The summed E-state index contributed by atoms with van der Waals surface area (Å²) in [5.74, 6) is -0.489. The molecule has 15 heavy (non-hydrogen) atoms. The molecular formula is C9H7BrClNO3. The van der Waals surface area contributed by atoms with Crippen molar-refractivity contribution in [2.24, 2.45) is 0 Å². The van der Waals surface area contributed by atoms with Crippen LogP contribution < -0.4 is 5.32 Å². The van der Waals surface area contributed by atoms with E-state index in [4.69, 9.17) is 11.6 Å². The van der Waals surface area contributed by atoms with Crippen molar-refractivity contribution in [2.75, 3.05) is 12.4 Å². The van der Waals surface area contributed by atoms with Crippen LogP contribution in [-0.4, -0.2) is 17.9 Å². The van der Waals surface area contributed by atoms with Crippen LogP contribution in [0.25, 0.3) is 0 Å². The molecule has 4 nitrogen and oxygen atoms in total. The summed E-state index contributed by atoms with van der Waals surface area (Å²) >= 11 is 8.50. The van der Waals surface area contributed by atoms with E-state index in [0.29, 0.717) is 16.3 Å². The number of anilines is 1. The molecule has 6 heteroatoms. The molecule has 80 valence electrons. The molecule has 1 aromatic carbocycles. The number of hydrogen-bond donors (Lipinski definition) is 1. The normalized spacial score (nSPS) is 9.53. The maximum Gasteiger partial charge on any atom is 0.337 e. The first-order chi connectivity index (χ1) is 7.04. The van der Waals surface area contributed by atoms with Gasteiger partial charge in [0.2, 0.25) is 0 Å². The van der Waals surface area contributed by atoms with Crippen molar-refractivity contribution in [3.05, 3.63) is 28.8 Å². The highest BCUT2D eigenvalue weighted by Crippen LogP contribution is 2.23. The number of methoxy groups -OCH3 is 1. The summed E-state index contributed by atoms with van der Waals surface area (Å²) in [6.07, 6.45) is 0. The number of hydrogen-bond acceptors (Lipinski definition) is 3. The maximum absolute atomic E-state index is 11.2. The molecule has 0 unspecified atom stereocenters. The Hall–Kier alpha value is -1.07. The molecule has 0 atom stereocenters. The fourth-order valence-electron chi connectivity index (χ4n) is 0.972. The highest BCUT2D eigenvalue weighted by atomic mass is 79.9. The highest BCUT2D eigenvalue weighted by Gasteiger charge is 2.09. The van der Waals surface area contributed by atoms with Gasteiger partial charge in [-0.15, -0.1) is 0 Å². The number of nitrogens with one attached hydrogen (secondary N) is 1. The Labute approximate surface area is 99.7 Å². The van der Waals surface area contributed by atoms with Crippen LogP contribution >= 0.6 is 27.5 Å². The third kappa shape index (κ3) is 3.21. The number of ether oxygens (including phenoxy) is 1. The molecule has 1 rings (SSSR count). The molecule has 0 saturated carbocycles. The largest absolute Gasteiger partial charge is 0.465 e. The van der Waals surface area contributed by atoms with Crippen LogP contribution in [0.2, 0.25) is 5.02 Å². The van der Waals surface area contributed by atoms with Gasteiger partial charge in [0.25, 0.3) is 4.82 Å². The minimum atomic E-state index is -0.489. The van der Waals surface area contributed by atoms with Crippen molar-refractivity contribution in [1.82, 2.24) is 0 Å². The van der Waals surface area contributed by atoms with Crippen molar-refractivity contribution in [3.63, 3.8) is 0 Å². The monoisotopic (exact) mass is 291 g/mol. The summed E-state index contributed by atoms with van der Waals surface area (Å²) in [6, 6.07) is 4.46. The quantitative estimate of drug-likeness (QED) is 0.518. The third-order valence-corrected chi connectivity index (χ3v) is 2.15. The summed E-state index contributed by atoms with van der Waals surface area (Å²) in [5.41, 5.74) is 0.666. The molecule has 0 aliphatic carbocycles. The molecule has 0 fully saturated rings. The lowest BCUT2D eigenvalue weighted by Gasteiger charge is -2.05. The van der Waals surface area contributed by atoms with Crippen LogP contribution in [0.5, 0.6) is 0 Å². The van der Waals surface area contributed by atoms with Gasteiger partial charge in [-0.2, -0.15) is 0 Å². The van der Waals surface area contributed by atoms with Crippen molar-refractivity contribution < 1.29 is 14.3 Å². The maximum atomic E-state index is 11.2. The Kier molecular flexibility index (Phi) is 4.11. The number of amides is 1. The van der Waals surface area contributed by atoms with Crippen LogP contribution in [0, 0.1) is 0 Å². The zero-order chi connectivity index (χ0) is 11.4. The van der Waals surface area contributed by atoms with Crippen LogP contribution in [0.3, 0.4) is 0 Å². The summed E-state index contributed by atoms with van der Waals surface area (Å²) < 4.78 is 4.53. The molecule has 1 amide bonds. The Bertz CT molecular complexity index is 408. The lowest BCUT2D eigenvalue weighted by molar-refractivity contribution is 0.0601. The molecule has 0 saturated heterocycles. The fraction of sp³-hybridized carbons (Fsp3) is 0.111. The highest BCUT2D eigenvalue weighted by molar-refractivity contribution is 9.18. The minimum Gasteiger partial charge on any atom is -0.465 e. The average Bonchev–Trinajstić information content (AvgIpc) is 2.19. The third-order valence-electron chi connectivity index (χ3n) is 1.62. The molecule has 0 bridgehead atoms. The smallest absolute Gasteiger partial charge is 0.337 e. The van der Waals surface area contributed by atoms with Crippen molar-refractivity contribution in [3.8, 4) is 0 Å². The number of carbonyl (C=O) groups excluding carboxylic acids is 2. The van der Waals surface area contributed by atoms with Gasteiger partial charge in [-0.25, -0.2) is 4.79 Å². The lowest BCUT2D eigenvalue weighted by atomic mass is 10.2. The second-order valence-corrected chi connectivity index (χ2v) is 3.71. The van der Waals surface area contributed by atoms with Crippen LogP contribution in [0.15, 0.2) is 18.2 Å². The number of carbonyl (C=O) groups is 2. The van der Waals surface area contributed by atoms with Crippen LogP contribution in [0.1, 0.15) is 10.4 Å². The van der Waals surface area contributed by atoms with Gasteiger partial charge in [0.05, 0.1) is 23.4 Å². The standard InChI is InChI=1S/C9H7BrClNO3/c1-15-8(13)5-2-3-6(11)7(4-5)12-9(10)14/h2-4H,1H3,(H,12,14). The van der Waals surface area contributed by atoms with Crippen molar-refractivity contribution in [2.45, 2.75) is 0 Å². The molecule has 0 spiro atoms. The molecule has 1 aromatic rings. The molecule has 0 radical (unpaired) electrons. The van der Waals surface area contributed by atoms with Crippen molar-refractivity contribution >= 4 is 44.0 Å². The van der Waals surface area contributed by atoms with E-state index >= 15 is 0 Å². The van der Waals surface area contributed by atoms with E-state index < -0.39 is 10.8 Å². The van der Waals surface area contributed by atoms with E-state index in [1.54, 1.807) is 0 Å². The van der Waals surface area contributed by atoms with E-state index in [-0.39, 0.29) is 0 Å². The Morgan fingerprint density at radius 1 is 1.47 bits per heavy atom. The van der Waals surface area contributed by atoms with Gasteiger partial charge in [0.15, 0.2) is 0 Å². The van der Waals surface area contributed by atoms with Crippen LogP contribution in [0.4, 0.5) is 10.5 Å². The second-order valence-electron chi connectivity index (χ2n) is 2.58. The van der Waals surface area contributed by atoms with E-state index in [0.717, 1.165) is 0 Å². The molecule has 0 heterocycles. The Morgan fingerprint density at radius 2 is 2.13 bits per heavy atom. The van der Waals surface area contributed by atoms with Crippen molar-refractivity contribution in [1.29, 1.82) is 0 Å². The number of halogens is 2. The van der Waals surface area contributed by atoms with Gasteiger partial charge >= 0.3 is 5.97 Å². The Balaban J connectivity index is 3.05. The van der Waals surface area contributed by atoms with E-state index in [1.807, 2.05) is 0 Å². The zero-order valence-corrected chi connectivity index (χ0v) is 10.1. The molecule has 0 aliphatic heterocycles. The van der Waals surface area contributed by atoms with E-state index in [9.17, 15) is 9.59 Å². The summed E-state index contributed by atoms with van der Waals surface area (Å²) in [7, 11) is 1.28. The minimum absolute atomic E-state index is 0.318. The van der Waals surface area contributed by atoms with Gasteiger partial charge < -0.3 is 10.1 Å². The summed E-state index contributed by atoms with van der Waals surface area (Å²) in [4.78, 5) is 21.5. The topological polar surface area (TPSA) is 55.4 Å². The first-order valence-corrected chi connectivity index (χ1v) is 5.06. The Morgan fingerprint density at radius 3 is 2.67 bits per heavy atom. The molecular weight excluding hydrogens is 285 g/mol. The van der Waals surface area contributed by atoms with Gasteiger partial charge in [-0.1, -0.05) is 11.6 Å². The van der Waals surface area contributed by atoms with E-state index in [1.165, 1.54) is 25.3 Å². The average molecular weight is 293 g/mol. The SMILES string of the molecule is COC(=O)c1ccc(Cl)c(NC(=O)Br)c1. The summed E-state index contributed by atoms with van der Waals surface area (Å²) in [6.45, 7) is 0. The van der Waals surface area contributed by atoms with Gasteiger partial charge in [-0.05, 0) is 18.2 Å². The molecule has 0 aromatic heterocycles. The fourth-order valence-corrected chi connectivity index (χ4v) is 1.35. The summed E-state index contributed by atoms with van der Waals surface area (Å²) in [5, 5.41) is 2.77. The molecule has 1 N–H and O–H groups in total. The first-order valence-electron chi connectivity index (χ1n) is 3.89. The number of rotatable bonds is 2. The molecule has 0 aliphatic rings. The number of benzene rings is 1. The van der Waals surface area contributed by atoms with E-state index in [2.05, 4.69) is 26.0 Å². The predicted molar refractivity (Wildman–Crippen MR) is 60.7 cm³/mol. The number of esters is 1. The second kappa shape index (κ2) is 5.14. The van der Waals surface area contributed by atoms with Gasteiger partial charge in [0.1, 0.15) is 0 Å². The van der Waals surface area contributed by atoms with Gasteiger partial charge in [0, 0.05) is 15.9 Å². The van der Waals surface area contributed by atoms with Gasteiger partial charge in [-0.3, -0.25) is 4.79 Å². The predicted octanol–water partition coefficient (Wildman–Crippen LogP) is 3.05.